The fourth-order valence-electron chi connectivity index (χ4n) is 1.99. The van der Waals surface area contributed by atoms with Crippen LogP contribution in [0, 0.1) is 6.92 Å². The lowest BCUT2D eigenvalue weighted by Crippen LogP contribution is -2.12. The van der Waals surface area contributed by atoms with Crippen LogP contribution in [0.25, 0.3) is 0 Å². The number of carbonyl (C=O) groups excluding carboxylic acids is 1. The predicted octanol–water partition coefficient (Wildman–Crippen LogP) is 3.55. The van der Waals surface area contributed by atoms with Gasteiger partial charge in [0.15, 0.2) is 0 Å². The van der Waals surface area contributed by atoms with Crippen LogP contribution in [0.2, 0.25) is 5.02 Å². The lowest BCUT2D eigenvalue weighted by atomic mass is 10.1. The zero-order chi connectivity index (χ0) is 18.7. The molecule has 26 heavy (non-hydrogen) atoms. The Hall–Kier alpha value is -2.49. The van der Waals surface area contributed by atoms with Crippen LogP contribution in [-0.4, -0.2) is 24.5 Å². The van der Waals surface area contributed by atoms with Crippen molar-refractivity contribution in [2.24, 2.45) is 0 Å². The van der Waals surface area contributed by atoms with Crippen LogP contribution in [0.3, 0.4) is 0 Å². The predicted molar refractivity (Wildman–Crippen MR) is 101 cm³/mol. The van der Waals surface area contributed by atoms with Gasteiger partial charge in [-0.15, -0.1) is 10.2 Å². The van der Waals surface area contributed by atoms with Gasteiger partial charge in [-0.3, -0.25) is 14.8 Å². The number of carbonyl (C=O) groups is 1. The summed E-state index contributed by atoms with van der Waals surface area (Å²) in [4.78, 5) is 12.2. The van der Waals surface area contributed by atoms with Crippen molar-refractivity contribution in [3.05, 3.63) is 64.7 Å². The first kappa shape index (κ1) is 18.3. The van der Waals surface area contributed by atoms with E-state index in [1.807, 2.05) is 6.92 Å². The number of anilines is 2. The van der Waals surface area contributed by atoms with E-state index in [4.69, 9.17) is 11.6 Å². The quantitative estimate of drug-likeness (QED) is 0.628. The van der Waals surface area contributed by atoms with E-state index in [0.29, 0.717) is 16.3 Å². The van der Waals surface area contributed by atoms with E-state index < -0.39 is 15.9 Å². The minimum Gasteiger partial charge on any atom is -0.296 e. The Morgan fingerprint density at radius 3 is 2.54 bits per heavy atom. The fourth-order valence-corrected chi connectivity index (χ4v) is 4.13. The molecule has 0 aliphatic rings. The van der Waals surface area contributed by atoms with Crippen LogP contribution in [0.15, 0.2) is 52.9 Å². The number of halogens is 1. The molecule has 0 saturated heterocycles. The van der Waals surface area contributed by atoms with Gasteiger partial charge in [-0.05, 0) is 37.3 Å². The van der Waals surface area contributed by atoms with Crippen LogP contribution >= 0.6 is 22.9 Å². The van der Waals surface area contributed by atoms with Crippen LogP contribution < -0.4 is 10.0 Å². The van der Waals surface area contributed by atoms with Gasteiger partial charge in [0.25, 0.3) is 20.3 Å². The number of hydrogen-bond donors (Lipinski definition) is 2. The van der Waals surface area contributed by atoms with E-state index in [0.717, 1.165) is 16.9 Å². The third-order valence-electron chi connectivity index (χ3n) is 3.25. The smallest absolute Gasteiger partial charge is 0.291 e. The lowest BCUT2D eigenvalue weighted by molar-refractivity contribution is 0.102. The Labute approximate surface area is 159 Å². The van der Waals surface area contributed by atoms with Gasteiger partial charge >= 0.3 is 0 Å². The number of sulfonamides is 1. The van der Waals surface area contributed by atoms with E-state index >= 15 is 0 Å². The standard InChI is InChI=1S/C16H13ClN4O3S2/c1-10-5-7-11(8-6-10)14(22)18-15-19-20-16(25-15)26(23,24)21-13-4-2-3-12(17)9-13/h2-9,21H,1H3,(H,18,19,22). The molecule has 2 N–H and O–H groups in total. The minimum atomic E-state index is -3.93. The average molecular weight is 409 g/mol. The third kappa shape index (κ3) is 4.37. The zero-order valence-electron chi connectivity index (χ0n) is 13.4. The highest BCUT2D eigenvalue weighted by molar-refractivity contribution is 7.94. The highest BCUT2D eigenvalue weighted by atomic mass is 35.5. The molecule has 2 aromatic carbocycles. The van der Waals surface area contributed by atoms with Crippen molar-refractivity contribution in [1.82, 2.24) is 10.2 Å². The maximum absolute atomic E-state index is 12.4. The summed E-state index contributed by atoms with van der Waals surface area (Å²) in [6, 6.07) is 13.2. The summed E-state index contributed by atoms with van der Waals surface area (Å²) in [6.45, 7) is 1.91. The summed E-state index contributed by atoms with van der Waals surface area (Å²) in [5.41, 5.74) is 1.77. The SMILES string of the molecule is Cc1ccc(C(=O)Nc2nnc(S(=O)(=O)Nc3cccc(Cl)c3)s2)cc1. The molecular formula is C16H13ClN4O3S2. The first-order chi connectivity index (χ1) is 12.3. The second-order valence-corrected chi connectivity index (χ2v) is 8.58. The molecule has 3 aromatic rings. The van der Waals surface area contributed by atoms with Gasteiger partial charge in [0.2, 0.25) is 5.13 Å². The van der Waals surface area contributed by atoms with Crippen molar-refractivity contribution in [2.75, 3.05) is 10.0 Å². The Balaban J connectivity index is 1.74. The van der Waals surface area contributed by atoms with Crippen molar-refractivity contribution >= 4 is 49.7 Å². The Morgan fingerprint density at radius 2 is 1.85 bits per heavy atom. The van der Waals surface area contributed by atoms with Crippen molar-refractivity contribution in [1.29, 1.82) is 0 Å². The number of nitrogens with zero attached hydrogens (tertiary/aromatic N) is 2. The van der Waals surface area contributed by atoms with Crippen LogP contribution in [0.1, 0.15) is 15.9 Å². The molecule has 3 rings (SSSR count). The molecule has 0 aliphatic heterocycles. The third-order valence-corrected chi connectivity index (χ3v) is 6.07. The molecule has 0 saturated carbocycles. The molecule has 1 heterocycles. The highest BCUT2D eigenvalue weighted by Gasteiger charge is 2.21. The van der Waals surface area contributed by atoms with E-state index in [1.165, 1.54) is 6.07 Å². The zero-order valence-corrected chi connectivity index (χ0v) is 15.8. The Bertz CT molecular complexity index is 1050. The van der Waals surface area contributed by atoms with Crippen molar-refractivity contribution < 1.29 is 13.2 Å². The number of benzene rings is 2. The lowest BCUT2D eigenvalue weighted by Gasteiger charge is -2.04. The minimum absolute atomic E-state index is 0.0852. The first-order valence-corrected chi connectivity index (χ1v) is 10.0. The first-order valence-electron chi connectivity index (χ1n) is 7.33. The van der Waals surface area contributed by atoms with Crippen molar-refractivity contribution in [2.45, 2.75) is 11.3 Å². The van der Waals surface area contributed by atoms with Gasteiger partial charge in [0.05, 0.1) is 5.69 Å². The fraction of sp³-hybridized carbons (Fsp3) is 0.0625. The van der Waals surface area contributed by atoms with E-state index in [-0.39, 0.29) is 9.47 Å². The van der Waals surface area contributed by atoms with Crippen molar-refractivity contribution in [3.63, 3.8) is 0 Å². The molecule has 7 nitrogen and oxygen atoms in total. The summed E-state index contributed by atoms with van der Waals surface area (Å²) >= 11 is 6.59. The van der Waals surface area contributed by atoms with E-state index in [1.54, 1.807) is 42.5 Å². The molecule has 1 amide bonds. The van der Waals surface area contributed by atoms with Gasteiger partial charge in [0, 0.05) is 10.6 Å². The number of aromatic nitrogens is 2. The van der Waals surface area contributed by atoms with Gasteiger partial charge in [-0.2, -0.15) is 8.42 Å². The van der Waals surface area contributed by atoms with Crippen LogP contribution in [0.5, 0.6) is 0 Å². The second kappa shape index (κ2) is 7.40. The molecule has 0 spiro atoms. The highest BCUT2D eigenvalue weighted by Crippen LogP contribution is 2.24. The summed E-state index contributed by atoms with van der Waals surface area (Å²) in [6.07, 6.45) is 0. The number of aryl methyl sites for hydroxylation is 1. The molecule has 134 valence electrons. The molecule has 0 radical (unpaired) electrons. The molecule has 1 aromatic heterocycles. The molecule has 0 bridgehead atoms. The number of hydrogen-bond acceptors (Lipinski definition) is 6. The maximum atomic E-state index is 12.4. The topological polar surface area (TPSA) is 101 Å². The molecule has 0 atom stereocenters. The summed E-state index contributed by atoms with van der Waals surface area (Å²) in [7, 11) is -3.93. The Morgan fingerprint density at radius 1 is 1.12 bits per heavy atom. The van der Waals surface area contributed by atoms with Gasteiger partial charge in [-0.1, -0.05) is 46.7 Å². The average Bonchev–Trinajstić information content (AvgIpc) is 3.04. The molecule has 0 aliphatic carbocycles. The number of amides is 1. The molecule has 0 fully saturated rings. The van der Waals surface area contributed by atoms with Gasteiger partial charge in [-0.25, -0.2) is 0 Å². The summed E-state index contributed by atoms with van der Waals surface area (Å²) < 4.78 is 26.8. The summed E-state index contributed by atoms with van der Waals surface area (Å²) in [5.74, 6) is -0.395. The Kier molecular flexibility index (Phi) is 5.21. The molecule has 10 heteroatoms. The number of nitrogens with one attached hydrogen (secondary N) is 2. The second-order valence-electron chi connectivity index (χ2n) is 5.31. The maximum Gasteiger partial charge on any atom is 0.291 e. The van der Waals surface area contributed by atoms with E-state index in [2.05, 4.69) is 20.2 Å². The van der Waals surface area contributed by atoms with Crippen LogP contribution in [0.4, 0.5) is 10.8 Å². The normalized spacial score (nSPS) is 11.2. The summed E-state index contributed by atoms with van der Waals surface area (Å²) in [5, 5.41) is 10.4. The number of rotatable bonds is 5. The monoisotopic (exact) mass is 408 g/mol. The molecule has 0 unspecified atom stereocenters. The van der Waals surface area contributed by atoms with Crippen molar-refractivity contribution in [3.8, 4) is 0 Å². The largest absolute Gasteiger partial charge is 0.296 e. The van der Waals surface area contributed by atoms with Gasteiger partial charge in [0.1, 0.15) is 0 Å². The molecular weight excluding hydrogens is 396 g/mol. The van der Waals surface area contributed by atoms with E-state index in [9.17, 15) is 13.2 Å². The van der Waals surface area contributed by atoms with Crippen LogP contribution in [-0.2, 0) is 10.0 Å². The van der Waals surface area contributed by atoms with Gasteiger partial charge < -0.3 is 0 Å².